The molecule has 4 heteroatoms. The van der Waals surface area contributed by atoms with E-state index in [1.807, 2.05) is 24.5 Å². The maximum absolute atomic E-state index is 14.1. The summed E-state index contributed by atoms with van der Waals surface area (Å²) in [7, 11) is 0. The normalized spacial score (nSPS) is 19.0. The smallest absolute Gasteiger partial charge is 0.128 e. The number of halogens is 1. The molecule has 21 heavy (non-hydrogen) atoms. The molecule has 1 aromatic heterocycles. The highest BCUT2D eigenvalue weighted by atomic mass is 19.1. The Hall–Kier alpha value is -1.78. The first-order chi connectivity index (χ1) is 10.3. The lowest BCUT2D eigenvalue weighted by atomic mass is 10.1. The quantitative estimate of drug-likeness (QED) is 0.939. The number of rotatable bonds is 4. The average Bonchev–Trinajstić information content (AvgIpc) is 2.98. The van der Waals surface area contributed by atoms with Gasteiger partial charge in [-0.25, -0.2) is 4.39 Å². The number of pyridine rings is 1. The first-order valence-corrected chi connectivity index (χ1v) is 7.39. The Balaban J connectivity index is 1.78. The Morgan fingerprint density at radius 3 is 2.76 bits per heavy atom. The monoisotopic (exact) mass is 285 g/mol. The van der Waals surface area contributed by atoms with Gasteiger partial charge in [-0.1, -0.05) is 12.1 Å². The van der Waals surface area contributed by atoms with E-state index in [9.17, 15) is 4.39 Å². The topological polar surface area (TPSA) is 42.1 Å². The van der Waals surface area contributed by atoms with Crippen LogP contribution in [-0.4, -0.2) is 16.4 Å². The second-order valence-electron chi connectivity index (χ2n) is 5.54. The van der Waals surface area contributed by atoms with Crippen molar-refractivity contribution in [1.29, 1.82) is 0 Å². The molecule has 1 atom stereocenters. The lowest BCUT2D eigenvalue weighted by molar-refractivity contribution is 0.245. The van der Waals surface area contributed by atoms with E-state index < -0.39 is 0 Å². The van der Waals surface area contributed by atoms with Crippen molar-refractivity contribution in [3.63, 3.8) is 0 Å². The molecule has 2 N–H and O–H groups in total. The van der Waals surface area contributed by atoms with Gasteiger partial charge in [0.05, 0.1) is 0 Å². The van der Waals surface area contributed by atoms with Crippen LogP contribution in [-0.2, 0) is 13.1 Å². The van der Waals surface area contributed by atoms with E-state index in [-0.39, 0.29) is 5.82 Å². The lowest BCUT2D eigenvalue weighted by Crippen LogP contribution is -2.23. The molecule has 1 unspecified atom stereocenters. The maximum atomic E-state index is 14.1. The molecule has 0 saturated carbocycles. The van der Waals surface area contributed by atoms with Crippen molar-refractivity contribution >= 4 is 0 Å². The number of hydrogen-bond acceptors (Lipinski definition) is 3. The zero-order chi connectivity index (χ0) is 14.7. The van der Waals surface area contributed by atoms with Crippen molar-refractivity contribution in [3.05, 3.63) is 65.2 Å². The highest BCUT2D eigenvalue weighted by molar-refractivity contribution is 5.25. The summed E-state index contributed by atoms with van der Waals surface area (Å²) in [5, 5.41) is 0. The van der Waals surface area contributed by atoms with Crippen molar-refractivity contribution < 1.29 is 4.39 Å². The molecule has 0 spiro atoms. The van der Waals surface area contributed by atoms with Crippen LogP contribution in [0.25, 0.3) is 0 Å². The Bertz CT molecular complexity index is 600. The molecule has 0 bridgehead atoms. The van der Waals surface area contributed by atoms with Crippen molar-refractivity contribution in [2.75, 3.05) is 6.54 Å². The van der Waals surface area contributed by atoms with Crippen molar-refractivity contribution in [3.8, 4) is 0 Å². The fourth-order valence-electron chi connectivity index (χ4n) is 3.04. The molecule has 1 saturated heterocycles. The van der Waals surface area contributed by atoms with Crippen LogP contribution in [0.2, 0.25) is 0 Å². The third-order valence-corrected chi connectivity index (χ3v) is 4.18. The Morgan fingerprint density at radius 1 is 1.24 bits per heavy atom. The first-order valence-electron chi connectivity index (χ1n) is 7.39. The standard InChI is InChI=1S/C17H20FN3/c18-16-10-13(11-19)3-4-15(16)12-21-9-1-2-17(21)14-5-7-20-8-6-14/h3-8,10,17H,1-2,9,11-12,19H2. The number of hydrogen-bond donors (Lipinski definition) is 1. The molecule has 110 valence electrons. The van der Waals surface area contributed by atoms with Crippen LogP contribution >= 0.6 is 0 Å². The number of benzene rings is 1. The molecule has 0 aliphatic carbocycles. The SMILES string of the molecule is NCc1ccc(CN2CCCC2c2ccncc2)c(F)c1. The summed E-state index contributed by atoms with van der Waals surface area (Å²) in [4.78, 5) is 6.41. The summed E-state index contributed by atoms with van der Waals surface area (Å²) >= 11 is 0. The minimum atomic E-state index is -0.154. The molecule has 2 aromatic rings. The van der Waals surface area contributed by atoms with E-state index in [0.29, 0.717) is 19.1 Å². The van der Waals surface area contributed by atoms with Gasteiger partial charge in [0.2, 0.25) is 0 Å². The Kier molecular flexibility index (Phi) is 4.27. The van der Waals surface area contributed by atoms with Crippen molar-refractivity contribution in [1.82, 2.24) is 9.88 Å². The fourth-order valence-corrected chi connectivity index (χ4v) is 3.04. The van der Waals surface area contributed by atoms with Gasteiger partial charge in [0.25, 0.3) is 0 Å². The van der Waals surface area contributed by atoms with E-state index >= 15 is 0 Å². The first kappa shape index (κ1) is 14.2. The third kappa shape index (κ3) is 3.12. The molecule has 0 radical (unpaired) electrons. The van der Waals surface area contributed by atoms with Crippen LogP contribution in [0.5, 0.6) is 0 Å². The Labute approximate surface area is 124 Å². The molecule has 1 fully saturated rings. The minimum absolute atomic E-state index is 0.154. The highest BCUT2D eigenvalue weighted by Crippen LogP contribution is 2.33. The summed E-state index contributed by atoms with van der Waals surface area (Å²) in [5.74, 6) is -0.154. The zero-order valence-electron chi connectivity index (χ0n) is 12.0. The molecule has 2 heterocycles. The summed E-state index contributed by atoms with van der Waals surface area (Å²) in [5.41, 5.74) is 8.39. The molecule has 1 aliphatic rings. The molecular weight excluding hydrogens is 265 g/mol. The molecular formula is C17H20FN3. The van der Waals surface area contributed by atoms with Gasteiger partial charge in [0, 0.05) is 37.1 Å². The number of aromatic nitrogens is 1. The van der Waals surface area contributed by atoms with Gasteiger partial charge in [0.1, 0.15) is 5.82 Å². The van der Waals surface area contributed by atoms with Crippen molar-refractivity contribution in [2.24, 2.45) is 5.73 Å². The summed E-state index contributed by atoms with van der Waals surface area (Å²) < 4.78 is 14.1. The average molecular weight is 285 g/mol. The number of nitrogens with zero attached hydrogens (tertiary/aromatic N) is 2. The lowest BCUT2D eigenvalue weighted by Gasteiger charge is -2.25. The second-order valence-corrected chi connectivity index (χ2v) is 5.54. The number of likely N-dealkylation sites (tertiary alicyclic amines) is 1. The van der Waals surface area contributed by atoms with Crippen LogP contribution < -0.4 is 5.73 Å². The van der Waals surface area contributed by atoms with E-state index in [2.05, 4.69) is 22.0 Å². The maximum Gasteiger partial charge on any atom is 0.128 e. The van der Waals surface area contributed by atoms with Crippen molar-refractivity contribution in [2.45, 2.75) is 32.0 Å². The predicted octanol–water partition coefficient (Wildman–Crippen LogP) is 3.02. The van der Waals surface area contributed by atoms with Crippen LogP contribution in [0.1, 0.15) is 35.6 Å². The van der Waals surface area contributed by atoms with Gasteiger partial charge >= 0.3 is 0 Å². The van der Waals surface area contributed by atoms with Gasteiger partial charge < -0.3 is 5.73 Å². The van der Waals surface area contributed by atoms with Gasteiger partial charge in [-0.2, -0.15) is 0 Å². The summed E-state index contributed by atoms with van der Waals surface area (Å²) in [6.45, 7) is 2.02. The van der Waals surface area contributed by atoms with Gasteiger partial charge in [0.15, 0.2) is 0 Å². The van der Waals surface area contributed by atoms with Crippen LogP contribution in [0.15, 0.2) is 42.7 Å². The van der Waals surface area contributed by atoms with E-state index in [0.717, 1.165) is 30.5 Å². The Morgan fingerprint density at radius 2 is 2.05 bits per heavy atom. The molecule has 1 aliphatic heterocycles. The minimum Gasteiger partial charge on any atom is -0.326 e. The van der Waals surface area contributed by atoms with Crippen LogP contribution in [0.3, 0.4) is 0 Å². The zero-order valence-corrected chi connectivity index (χ0v) is 12.0. The second kappa shape index (κ2) is 6.33. The highest BCUT2D eigenvalue weighted by Gasteiger charge is 2.26. The van der Waals surface area contributed by atoms with Gasteiger partial charge in [-0.15, -0.1) is 0 Å². The van der Waals surface area contributed by atoms with E-state index in [1.54, 1.807) is 6.07 Å². The van der Waals surface area contributed by atoms with Crippen LogP contribution in [0, 0.1) is 5.82 Å². The van der Waals surface area contributed by atoms with Gasteiger partial charge in [-0.3, -0.25) is 9.88 Å². The number of nitrogens with two attached hydrogens (primary N) is 1. The molecule has 3 nitrogen and oxygen atoms in total. The van der Waals surface area contributed by atoms with E-state index in [1.165, 1.54) is 5.56 Å². The fraction of sp³-hybridized carbons (Fsp3) is 0.353. The van der Waals surface area contributed by atoms with Gasteiger partial charge in [-0.05, 0) is 48.7 Å². The molecule has 1 aromatic carbocycles. The predicted molar refractivity (Wildman–Crippen MR) is 80.9 cm³/mol. The van der Waals surface area contributed by atoms with E-state index in [4.69, 9.17) is 5.73 Å². The van der Waals surface area contributed by atoms with Crippen LogP contribution in [0.4, 0.5) is 4.39 Å². The summed E-state index contributed by atoms with van der Waals surface area (Å²) in [6, 6.07) is 9.79. The third-order valence-electron chi connectivity index (χ3n) is 4.18. The molecule has 3 rings (SSSR count). The molecule has 0 amide bonds. The summed E-state index contributed by atoms with van der Waals surface area (Å²) in [6.07, 6.45) is 5.91. The largest absolute Gasteiger partial charge is 0.326 e.